The van der Waals surface area contributed by atoms with Crippen molar-refractivity contribution in [2.24, 2.45) is 0 Å². The number of ether oxygens (including phenoxy) is 3. The number of benzene rings is 2. The predicted molar refractivity (Wildman–Crippen MR) is 97.2 cm³/mol. The lowest BCUT2D eigenvalue weighted by atomic mass is 10.2. The fraction of sp³-hybridized carbons (Fsp3) is 0.350. The van der Waals surface area contributed by atoms with E-state index in [0.29, 0.717) is 31.3 Å². The fourth-order valence-electron chi connectivity index (χ4n) is 2.31. The van der Waals surface area contributed by atoms with E-state index < -0.39 is 0 Å². The molecule has 2 rings (SSSR count). The molecule has 0 N–H and O–H groups in total. The first-order valence-electron chi connectivity index (χ1n) is 8.44. The zero-order valence-electron chi connectivity index (χ0n) is 15.0. The van der Waals surface area contributed by atoms with Gasteiger partial charge in [0.25, 0.3) is 5.91 Å². The van der Waals surface area contributed by atoms with Gasteiger partial charge in [0, 0.05) is 13.6 Å². The van der Waals surface area contributed by atoms with Gasteiger partial charge < -0.3 is 19.1 Å². The average molecular weight is 343 g/mol. The van der Waals surface area contributed by atoms with Crippen LogP contribution in [0.5, 0.6) is 17.2 Å². The van der Waals surface area contributed by atoms with Gasteiger partial charge >= 0.3 is 0 Å². The fourth-order valence-corrected chi connectivity index (χ4v) is 2.31. The van der Waals surface area contributed by atoms with Crippen LogP contribution in [0.2, 0.25) is 0 Å². The Bertz CT molecular complexity index is 670. The summed E-state index contributed by atoms with van der Waals surface area (Å²) in [4.78, 5) is 13.9. The van der Waals surface area contributed by atoms with Crippen molar-refractivity contribution in [2.75, 3.05) is 26.9 Å². The number of rotatable bonds is 9. The summed E-state index contributed by atoms with van der Waals surface area (Å²) in [5.74, 6) is 1.95. The molecule has 0 spiro atoms. The molecule has 0 aliphatic heterocycles. The minimum Gasteiger partial charge on any atom is -0.494 e. The van der Waals surface area contributed by atoms with Gasteiger partial charge in [0.1, 0.15) is 5.75 Å². The molecule has 25 heavy (non-hydrogen) atoms. The second-order valence-corrected chi connectivity index (χ2v) is 5.50. The number of carbonyl (C=O) groups excluding carboxylic acids is 1. The Balaban J connectivity index is 1.88. The molecular weight excluding hydrogens is 318 g/mol. The standard InChI is InChI=1S/C20H25NO4/c1-4-23-17-12-10-16(11-13-17)14-21(3)20(22)15-25-19-9-7-6-8-18(19)24-5-2/h6-13H,4-5,14-15H2,1-3H3. The molecule has 2 aromatic rings. The van der Waals surface area contributed by atoms with Crippen molar-refractivity contribution in [2.45, 2.75) is 20.4 Å². The van der Waals surface area contributed by atoms with Gasteiger partial charge in [-0.3, -0.25) is 4.79 Å². The van der Waals surface area contributed by atoms with Gasteiger partial charge in [-0.05, 0) is 43.7 Å². The molecule has 0 fully saturated rings. The number of likely N-dealkylation sites (N-methyl/N-ethyl adjacent to an activating group) is 1. The highest BCUT2D eigenvalue weighted by Gasteiger charge is 2.12. The average Bonchev–Trinajstić information content (AvgIpc) is 2.63. The topological polar surface area (TPSA) is 48.0 Å². The maximum atomic E-state index is 12.3. The number of para-hydroxylation sites is 2. The van der Waals surface area contributed by atoms with Crippen molar-refractivity contribution in [3.63, 3.8) is 0 Å². The van der Waals surface area contributed by atoms with Crippen LogP contribution in [-0.2, 0) is 11.3 Å². The van der Waals surface area contributed by atoms with Gasteiger partial charge in [-0.25, -0.2) is 0 Å². The highest BCUT2D eigenvalue weighted by molar-refractivity contribution is 5.77. The van der Waals surface area contributed by atoms with E-state index in [-0.39, 0.29) is 12.5 Å². The molecule has 0 saturated carbocycles. The number of hydrogen-bond acceptors (Lipinski definition) is 4. The molecule has 0 saturated heterocycles. The second kappa shape index (κ2) is 9.57. The van der Waals surface area contributed by atoms with Crippen LogP contribution >= 0.6 is 0 Å². The lowest BCUT2D eigenvalue weighted by Gasteiger charge is -2.18. The molecule has 5 heteroatoms. The van der Waals surface area contributed by atoms with Crippen LogP contribution in [0.25, 0.3) is 0 Å². The van der Waals surface area contributed by atoms with E-state index in [2.05, 4.69) is 0 Å². The Kier molecular flexibility index (Phi) is 7.14. The van der Waals surface area contributed by atoms with E-state index in [9.17, 15) is 4.79 Å². The smallest absolute Gasteiger partial charge is 0.260 e. The molecule has 0 aromatic heterocycles. The summed E-state index contributed by atoms with van der Waals surface area (Å²) in [6, 6.07) is 15.1. The maximum Gasteiger partial charge on any atom is 0.260 e. The summed E-state index contributed by atoms with van der Waals surface area (Å²) in [6.45, 7) is 5.53. The van der Waals surface area contributed by atoms with E-state index in [1.165, 1.54) is 0 Å². The van der Waals surface area contributed by atoms with E-state index in [0.717, 1.165) is 11.3 Å². The van der Waals surface area contributed by atoms with Crippen LogP contribution < -0.4 is 14.2 Å². The van der Waals surface area contributed by atoms with Crippen molar-refractivity contribution in [3.05, 3.63) is 54.1 Å². The normalized spacial score (nSPS) is 10.2. The largest absolute Gasteiger partial charge is 0.494 e. The molecule has 1 amide bonds. The van der Waals surface area contributed by atoms with Crippen LogP contribution in [0.4, 0.5) is 0 Å². The van der Waals surface area contributed by atoms with Gasteiger partial charge in [0.15, 0.2) is 18.1 Å². The van der Waals surface area contributed by atoms with Gasteiger partial charge in [-0.2, -0.15) is 0 Å². The third kappa shape index (κ3) is 5.71. The molecule has 134 valence electrons. The van der Waals surface area contributed by atoms with Crippen molar-refractivity contribution in [1.82, 2.24) is 4.90 Å². The Hall–Kier alpha value is -2.69. The molecule has 5 nitrogen and oxygen atoms in total. The quantitative estimate of drug-likeness (QED) is 0.699. The van der Waals surface area contributed by atoms with Gasteiger partial charge in [-0.15, -0.1) is 0 Å². The summed E-state index contributed by atoms with van der Waals surface area (Å²) in [6.07, 6.45) is 0. The molecule has 2 aromatic carbocycles. The minimum atomic E-state index is -0.0970. The van der Waals surface area contributed by atoms with Crippen LogP contribution in [0.15, 0.2) is 48.5 Å². The third-order valence-electron chi connectivity index (χ3n) is 3.58. The number of amides is 1. The molecule has 0 aliphatic carbocycles. The predicted octanol–water partition coefficient (Wildman–Crippen LogP) is 3.52. The second-order valence-electron chi connectivity index (χ2n) is 5.50. The molecule has 0 radical (unpaired) electrons. The molecule has 0 atom stereocenters. The van der Waals surface area contributed by atoms with Crippen molar-refractivity contribution < 1.29 is 19.0 Å². The monoisotopic (exact) mass is 343 g/mol. The minimum absolute atomic E-state index is 0.0301. The summed E-state index contributed by atoms with van der Waals surface area (Å²) in [5, 5.41) is 0. The van der Waals surface area contributed by atoms with Crippen molar-refractivity contribution >= 4 is 5.91 Å². The lowest BCUT2D eigenvalue weighted by Crippen LogP contribution is -2.31. The Morgan fingerprint density at radius 1 is 0.880 bits per heavy atom. The van der Waals surface area contributed by atoms with Crippen molar-refractivity contribution in [3.8, 4) is 17.2 Å². The highest BCUT2D eigenvalue weighted by atomic mass is 16.5. The van der Waals surface area contributed by atoms with Crippen molar-refractivity contribution in [1.29, 1.82) is 0 Å². The van der Waals surface area contributed by atoms with E-state index >= 15 is 0 Å². The molecule has 0 heterocycles. The van der Waals surface area contributed by atoms with Gasteiger partial charge in [0.05, 0.1) is 13.2 Å². The first-order chi connectivity index (χ1) is 12.1. The Morgan fingerprint density at radius 3 is 2.08 bits per heavy atom. The van der Waals surface area contributed by atoms with E-state index in [1.54, 1.807) is 18.0 Å². The summed E-state index contributed by atoms with van der Waals surface area (Å²) in [5.41, 5.74) is 1.04. The first-order valence-corrected chi connectivity index (χ1v) is 8.44. The van der Waals surface area contributed by atoms with E-state index in [1.807, 2.05) is 56.3 Å². The third-order valence-corrected chi connectivity index (χ3v) is 3.58. The first kappa shape index (κ1) is 18.6. The van der Waals surface area contributed by atoms with Crippen LogP contribution in [-0.4, -0.2) is 37.7 Å². The highest BCUT2D eigenvalue weighted by Crippen LogP contribution is 2.26. The Labute approximate surface area is 149 Å². The zero-order valence-corrected chi connectivity index (χ0v) is 15.0. The number of hydrogen-bond donors (Lipinski definition) is 0. The number of carbonyl (C=O) groups is 1. The SMILES string of the molecule is CCOc1ccc(CN(C)C(=O)COc2ccccc2OCC)cc1. The molecule has 0 unspecified atom stereocenters. The van der Waals surface area contributed by atoms with Crippen LogP contribution in [0, 0.1) is 0 Å². The summed E-state index contributed by atoms with van der Waals surface area (Å²) in [7, 11) is 1.76. The lowest BCUT2D eigenvalue weighted by molar-refractivity contribution is -0.132. The molecular formula is C20H25NO4. The Morgan fingerprint density at radius 2 is 1.48 bits per heavy atom. The summed E-state index contributed by atoms with van der Waals surface area (Å²) < 4.78 is 16.5. The van der Waals surface area contributed by atoms with E-state index in [4.69, 9.17) is 14.2 Å². The molecule has 0 bridgehead atoms. The number of nitrogens with zero attached hydrogens (tertiary/aromatic N) is 1. The molecule has 0 aliphatic rings. The zero-order chi connectivity index (χ0) is 18.1. The van der Waals surface area contributed by atoms with Crippen LogP contribution in [0.1, 0.15) is 19.4 Å². The summed E-state index contributed by atoms with van der Waals surface area (Å²) >= 11 is 0. The van der Waals surface area contributed by atoms with Gasteiger partial charge in [-0.1, -0.05) is 24.3 Å². The van der Waals surface area contributed by atoms with Gasteiger partial charge in [0.2, 0.25) is 0 Å². The maximum absolute atomic E-state index is 12.3. The van der Waals surface area contributed by atoms with Crippen LogP contribution in [0.3, 0.4) is 0 Å².